The van der Waals surface area contributed by atoms with Gasteiger partial charge in [-0.3, -0.25) is 9.69 Å². The summed E-state index contributed by atoms with van der Waals surface area (Å²) in [4.78, 5) is 14.1. The summed E-state index contributed by atoms with van der Waals surface area (Å²) in [5, 5.41) is 0. The van der Waals surface area contributed by atoms with E-state index in [9.17, 15) is 4.79 Å². The molecular weight excluding hydrogens is 306 g/mol. The Labute approximate surface area is 144 Å². The molecule has 24 heavy (non-hydrogen) atoms. The first-order chi connectivity index (χ1) is 11.7. The van der Waals surface area contributed by atoms with Crippen LogP contribution in [-0.2, 0) is 9.53 Å². The highest BCUT2D eigenvalue weighted by atomic mass is 16.5. The largest absolute Gasteiger partial charge is 0.494 e. The average molecular weight is 335 g/mol. The van der Waals surface area contributed by atoms with Crippen molar-refractivity contribution < 1.29 is 19.0 Å². The molecule has 1 aromatic rings. The molecule has 5 nitrogen and oxygen atoms in total. The van der Waals surface area contributed by atoms with Gasteiger partial charge in [0.15, 0.2) is 0 Å². The Morgan fingerprint density at radius 1 is 1.04 bits per heavy atom. The molecule has 0 saturated carbocycles. The Bertz CT molecular complexity index is 481. The lowest BCUT2D eigenvalue weighted by atomic mass is 9.97. The number of rotatable bonds is 9. The van der Waals surface area contributed by atoms with Gasteiger partial charge < -0.3 is 14.2 Å². The number of ether oxygens (including phenoxy) is 3. The van der Waals surface area contributed by atoms with Gasteiger partial charge in [0.05, 0.1) is 19.1 Å². The fourth-order valence-corrected chi connectivity index (χ4v) is 2.80. The monoisotopic (exact) mass is 335 g/mol. The molecular formula is C19H29NO4. The third kappa shape index (κ3) is 6.04. The van der Waals surface area contributed by atoms with Crippen molar-refractivity contribution in [3.05, 3.63) is 24.3 Å². The minimum Gasteiger partial charge on any atom is -0.494 e. The molecule has 1 aromatic carbocycles. The minimum absolute atomic E-state index is 0.0428. The van der Waals surface area contributed by atoms with Crippen molar-refractivity contribution in [3.63, 3.8) is 0 Å². The van der Waals surface area contributed by atoms with Gasteiger partial charge in [0, 0.05) is 6.54 Å². The first kappa shape index (κ1) is 18.6. The molecule has 1 heterocycles. The van der Waals surface area contributed by atoms with Crippen molar-refractivity contribution in [2.24, 2.45) is 5.92 Å². The zero-order valence-electron chi connectivity index (χ0n) is 14.8. The molecule has 1 aliphatic rings. The molecule has 0 amide bonds. The second kappa shape index (κ2) is 10.2. The van der Waals surface area contributed by atoms with E-state index in [0.29, 0.717) is 13.2 Å². The van der Waals surface area contributed by atoms with Crippen molar-refractivity contribution in [1.82, 2.24) is 4.90 Å². The number of benzene rings is 1. The molecule has 5 heteroatoms. The smallest absolute Gasteiger partial charge is 0.309 e. The SMILES string of the molecule is CCCOc1ccc(OCCN2CCC(C(=O)OCC)CC2)cc1. The molecule has 0 radical (unpaired) electrons. The topological polar surface area (TPSA) is 48.0 Å². The van der Waals surface area contributed by atoms with E-state index in [0.717, 1.165) is 57.0 Å². The van der Waals surface area contributed by atoms with Crippen LogP contribution in [0.15, 0.2) is 24.3 Å². The van der Waals surface area contributed by atoms with Gasteiger partial charge in [-0.15, -0.1) is 0 Å². The van der Waals surface area contributed by atoms with E-state index >= 15 is 0 Å². The summed E-state index contributed by atoms with van der Waals surface area (Å²) in [7, 11) is 0. The van der Waals surface area contributed by atoms with Crippen LogP contribution in [0, 0.1) is 5.92 Å². The van der Waals surface area contributed by atoms with Gasteiger partial charge in [0.25, 0.3) is 0 Å². The number of carbonyl (C=O) groups excluding carboxylic acids is 1. The summed E-state index contributed by atoms with van der Waals surface area (Å²) < 4.78 is 16.4. The van der Waals surface area contributed by atoms with Crippen LogP contribution in [0.1, 0.15) is 33.1 Å². The van der Waals surface area contributed by atoms with Gasteiger partial charge in [-0.25, -0.2) is 0 Å². The molecule has 0 bridgehead atoms. The number of piperidine rings is 1. The van der Waals surface area contributed by atoms with Gasteiger partial charge in [-0.05, 0) is 63.5 Å². The van der Waals surface area contributed by atoms with E-state index in [1.54, 1.807) is 0 Å². The normalized spacial score (nSPS) is 15.9. The summed E-state index contributed by atoms with van der Waals surface area (Å²) in [5.41, 5.74) is 0. The molecule has 1 saturated heterocycles. The predicted molar refractivity (Wildman–Crippen MR) is 93.5 cm³/mol. The van der Waals surface area contributed by atoms with Crippen molar-refractivity contribution in [2.75, 3.05) is 39.5 Å². The lowest BCUT2D eigenvalue weighted by Gasteiger charge is -2.30. The summed E-state index contributed by atoms with van der Waals surface area (Å²) >= 11 is 0. The molecule has 134 valence electrons. The second-order valence-electron chi connectivity index (χ2n) is 6.04. The first-order valence-corrected chi connectivity index (χ1v) is 8.97. The van der Waals surface area contributed by atoms with Gasteiger partial charge in [0.2, 0.25) is 0 Å². The highest BCUT2D eigenvalue weighted by molar-refractivity contribution is 5.72. The fraction of sp³-hybridized carbons (Fsp3) is 0.632. The van der Waals surface area contributed by atoms with Crippen LogP contribution in [0.4, 0.5) is 0 Å². The van der Waals surface area contributed by atoms with Gasteiger partial charge in [-0.2, -0.15) is 0 Å². The van der Waals surface area contributed by atoms with E-state index in [4.69, 9.17) is 14.2 Å². The Kier molecular flexibility index (Phi) is 7.89. The van der Waals surface area contributed by atoms with Crippen molar-refractivity contribution in [1.29, 1.82) is 0 Å². The number of likely N-dealkylation sites (tertiary alicyclic amines) is 1. The van der Waals surface area contributed by atoms with E-state index in [1.807, 2.05) is 31.2 Å². The van der Waals surface area contributed by atoms with E-state index in [1.165, 1.54) is 0 Å². The summed E-state index contributed by atoms with van der Waals surface area (Å²) in [6.45, 7) is 8.53. The molecule has 0 atom stereocenters. The lowest BCUT2D eigenvalue weighted by molar-refractivity contribution is -0.149. The predicted octanol–water partition coefficient (Wildman–Crippen LogP) is 3.13. The van der Waals surface area contributed by atoms with Crippen molar-refractivity contribution in [2.45, 2.75) is 33.1 Å². The second-order valence-corrected chi connectivity index (χ2v) is 6.04. The third-order valence-corrected chi connectivity index (χ3v) is 4.18. The van der Waals surface area contributed by atoms with E-state index < -0.39 is 0 Å². The van der Waals surface area contributed by atoms with Crippen LogP contribution in [0.5, 0.6) is 11.5 Å². The Balaban J connectivity index is 1.63. The average Bonchev–Trinajstić information content (AvgIpc) is 2.62. The molecule has 2 rings (SSSR count). The van der Waals surface area contributed by atoms with E-state index in [-0.39, 0.29) is 11.9 Å². The quantitative estimate of drug-likeness (QED) is 0.649. The molecule has 0 spiro atoms. The Morgan fingerprint density at radius 3 is 2.17 bits per heavy atom. The Hall–Kier alpha value is -1.75. The van der Waals surface area contributed by atoms with Crippen molar-refractivity contribution in [3.8, 4) is 11.5 Å². The van der Waals surface area contributed by atoms with Crippen LogP contribution in [0.25, 0.3) is 0 Å². The van der Waals surface area contributed by atoms with E-state index in [2.05, 4.69) is 11.8 Å². The van der Waals surface area contributed by atoms with Crippen LogP contribution < -0.4 is 9.47 Å². The maximum atomic E-state index is 11.7. The molecule has 0 aromatic heterocycles. The number of carbonyl (C=O) groups is 1. The fourth-order valence-electron chi connectivity index (χ4n) is 2.80. The highest BCUT2D eigenvalue weighted by Gasteiger charge is 2.25. The molecule has 1 aliphatic heterocycles. The van der Waals surface area contributed by atoms with Crippen LogP contribution in [0.2, 0.25) is 0 Å². The first-order valence-electron chi connectivity index (χ1n) is 8.97. The maximum Gasteiger partial charge on any atom is 0.309 e. The van der Waals surface area contributed by atoms with Crippen LogP contribution in [-0.4, -0.2) is 50.3 Å². The summed E-state index contributed by atoms with van der Waals surface area (Å²) in [6, 6.07) is 7.77. The van der Waals surface area contributed by atoms with Gasteiger partial charge in [-0.1, -0.05) is 6.92 Å². The minimum atomic E-state index is -0.0428. The number of hydrogen-bond donors (Lipinski definition) is 0. The van der Waals surface area contributed by atoms with Gasteiger partial charge >= 0.3 is 5.97 Å². The molecule has 0 aliphatic carbocycles. The third-order valence-electron chi connectivity index (χ3n) is 4.18. The number of nitrogens with zero attached hydrogens (tertiary/aromatic N) is 1. The Morgan fingerprint density at radius 2 is 1.62 bits per heavy atom. The van der Waals surface area contributed by atoms with Crippen molar-refractivity contribution >= 4 is 5.97 Å². The molecule has 0 unspecified atom stereocenters. The molecule has 1 fully saturated rings. The zero-order chi connectivity index (χ0) is 17.2. The number of hydrogen-bond acceptors (Lipinski definition) is 5. The van der Waals surface area contributed by atoms with Crippen LogP contribution >= 0.6 is 0 Å². The van der Waals surface area contributed by atoms with Gasteiger partial charge in [0.1, 0.15) is 18.1 Å². The van der Waals surface area contributed by atoms with Crippen LogP contribution in [0.3, 0.4) is 0 Å². The molecule has 0 N–H and O–H groups in total. The maximum absolute atomic E-state index is 11.7. The number of esters is 1. The zero-order valence-corrected chi connectivity index (χ0v) is 14.8. The highest BCUT2D eigenvalue weighted by Crippen LogP contribution is 2.20. The standard InChI is InChI=1S/C19H29NO4/c1-3-14-23-17-5-7-18(8-6-17)24-15-13-20-11-9-16(10-12-20)19(21)22-4-2/h5-8,16H,3-4,9-15H2,1-2H3. The summed E-state index contributed by atoms with van der Waals surface area (Å²) in [5.74, 6) is 1.77. The summed E-state index contributed by atoms with van der Waals surface area (Å²) in [6.07, 6.45) is 2.76. The lowest BCUT2D eigenvalue weighted by Crippen LogP contribution is -2.39.